The van der Waals surface area contributed by atoms with Gasteiger partial charge in [-0.25, -0.2) is 12.8 Å². The van der Waals surface area contributed by atoms with E-state index >= 15 is 0 Å². The van der Waals surface area contributed by atoms with E-state index in [2.05, 4.69) is 4.98 Å². The predicted octanol–water partition coefficient (Wildman–Crippen LogP) is 3.50. The lowest BCUT2D eigenvalue weighted by atomic mass is 10.2. The number of sulfonamides is 1. The first-order chi connectivity index (χ1) is 11.4. The molecule has 0 fully saturated rings. The Morgan fingerprint density at radius 3 is 2.54 bits per heavy atom. The molecule has 0 atom stereocenters. The van der Waals surface area contributed by atoms with Gasteiger partial charge in [-0.05, 0) is 42.3 Å². The number of pyridine rings is 1. The van der Waals surface area contributed by atoms with Crippen LogP contribution in [0.15, 0.2) is 59.6 Å². The summed E-state index contributed by atoms with van der Waals surface area (Å²) in [5.41, 5.74) is 2.14. The first kappa shape index (κ1) is 16.5. The zero-order valence-electron chi connectivity index (χ0n) is 13.4. The molecule has 0 N–H and O–H groups in total. The maximum absolute atomic E-state index is 13.0. The van der Waals surface area contributed by atoms with Gasteiger partial charge in [0, 0.05) is 25.2 Å². The van der Waals surface area contributed by atoms with Gasteiger partial charge < -0.3 is 0 Å². The van der Waals surface area contributed by atoms with Crippen molar-refractivity contribution in [1.29, 1.82) is 0 Å². The van der Waals surface area contributed by atoms with Crippen LogP contribution in [0.3, 0.4) is 0 Å². The molecule has 4 nitrogen and oxygen atoms in total. The van der Waals surface area contributed by atoms with E-state index in [4.69, 9.17) is 0 Å². The second-order valence-electron chi connectivity index (χ2n) is 5.73. The third-order valence-electron chi connectivity index (χ3n) is 3.82. The molecule has 3 rings (SSSR count). The van der Waals surface area contributed by atoms with E-state index in [1.807, 2.05) is 19.1 Å². The summed E-state index contributed by atoms with van der Waals surface area (Å²) in [5, 5.41) is 0.784. The van der Waals surface area contributed by atoms with Crippen LogP contribution in [0, 0.1) is 12.7 Å². The molecule has 0 spiro atoms. The molecule has 1 aromatic heterocycles. The van der Waals surface area contributed by atoms with Crippen LogP contribution in [0.25, 0.3) is 10.9 Å². The maximum atomic E-state index is 13.0. The Bertz CT molecular complexity index is 986. The largest absolute Gasteiger partial charge is 0.255 e. The van der Waals surface area contributed by atoms with Crippen molar-refractivity contribution < 1.29 is 12.8 Å². The molecule has 6 heteroatoms. The first-order valence-corrected chi connectivity index (χ1v) is 8.88. The van der Waals surface area contributed by atoms with E-state index in [-0.39, 0.29) is 17.3 Å². The highest BCUT2D eigenvalue weighted by Gasteiger charge is 2.23. The Hall–Kier alpha value is -2.31. The fourth-order valence-electron chi connectivity index (χ4n) is 2.55. The van der Waals surface area contributed by atoms with Gasteiger partial charge in [0.2, 0.25) is 10.0 Å². The minimum Gasteiger partial charge on any atom is -0.255 e. The average Bonchev–Trinajstić information content (AvgIpc) is 2.56. The summed E-state index contributed by atoms with van der Waals surface area (Å²) in [6.45, 7) is 2.07. The van der Waals surface area contributed by atoms with Crippen LogP contribution < -0.4 is 0 Å². The molecule has 0 aliphatic carbocycles. The van der Waals surface area contributed by atoms with Crippen molar-refractivity contribution in [2.45, 2.75) is 18.4 Å². The number of aryl methyl sites for hydroxylation is 1. The SMILES string of the molecule is Cc1cnc2c(S(=O)(=O)N(C)Cc3ccc(F)cc3)cccc2c1. The van der Waals surface area contributed by atoms with Crippen LogP contribution in [0.5, 0.6) is 0 Å². The van der Waals surface area contributed by atoms with Gasteiger partial charge in [0.05, 0.1) is 5.52 Å². The Kier molecular flexibility index (Phi) is 4.34. The van der Waals surface area contributed by atoms with Crippen LogP contribution in [-0.4, -0.2) is 24.8 Å². The number of rotatable bonds is 4. The van der Waals surface area contributed by atoms with Gasteiger partial charge in [0.1, 0.15) is 10.7 Å². The molecule has 2 aromatic carbocycles. The number of para-hydroxylation sites is 1. The molecule has 0 bridgehead atoms. The summed E-state index contributed by atoms with van der Waals surface area (Å²) in [5.74, 6) is -0.349. The van der Waals surface area contributed by atoms with Crippen LogP contribution in [0.4, 0.5) is 4.39 Å². The maximum Gasteiger partial charge on any atom is 0.245 e. The summed E-state index contributed by atoms with van der Waals surface area (Å²) in [7, 11) is -2.20. The fourth-order valence-corrected chi connectivity index (χ4v) is 3.87. The molecule has 0 saturated carbocycles. The van der Waals surface area contributed by atoms with E-state index in [0.717, 1.165) is 10.9 Å². The Labute approximate surface area is 140 Å². The van der Waals surface area contributed by atoms with Gasteiger partial charge in [-0.2, -0.15) is 4.31 Å². The lowest BCUT2D eigenvalue weighted by Crippen LogP contribution is -2.26. The van der Waals surface area contributed by atoms with Crippen molar-refractivity contribution in [3.05, 3.63) is 71.7 Å². The highest BCUT2D eigenvalue weighted by Crippen LogP contribution is 2.25. The number of fused-ring (bicyclic) bond motifs is 1. The normalized spacial score (nSPS) is 12.0. The van der Waals surface area contributed by atoms with E-state index in [1.165, 1.54) is 23.5 Å². The zero-order chi connectivity index (χ0) is 17.3. The molecular formula is C18H17FN2O2S. The number of hydrogen-bond acceptors (Lipinski definition) is 3. The molecule has 124 valence electrons. The Balaban J connectivity index is 1.99. The predicted molar refractivity (Wildman–Crippen MR) is 91.5 cm³/mol. The van der Waals surface area contributed by atoms with Gasteiger partial charge in [0.25, 0.3) is 0 Å². The standard InChI is InChI=1S/C18H17FN2O2S/c1-13-10-15-4-3-5-17(18(15)20-11-13)24(22,23)21(2)12-14-6-8-16(19)9-7-14/h3-11H,12H2,1-2H3. The fraction of sp³-hybridized carbons (Fsp3) is 0.167. The van der Waals surface area contributed by atoms with Crippen molar-refractivity contribution >= 4 is 20.9 Å². The summed E-state index contributed by atoms with van der Waals surface area (Å²) in [6.07, 6.45) is 1.65. The minimum atomic E-state index is -3.71. The lowest BCUT2D eigenvalue weighted by Gasteiger charge is -2.18. The molecule has 0 aliphatic rings. The second-order valence-corrected chi connectivity index (χ2v) is 7.74. The number of halogens is 1. The van der Waals surface area contributed by atoms with Crippen molar-refractivity contribution in [2.75, 3.05) is 7.05 Å². The van der Waals surface area contributed by atoms with Crippen molar-refractivity contribution in [1.82, 2.24) is 9.29 Å². The molecule has 24 heavy (non-hydrogen) atoms. The smallest absolute Gasteiger partial charge is 0.245 e. The molecule has 0 amide bonds. The lowest BCUT2D eigenvalue weighted by molar-refractivity contribution is 0.467. The topological polar surface area (TPSA) is 50.3 Å². The first-order valence-electron chi connectivity index (χ1n) is 7.44. The van der Waals surface area contributed by atoms with Gasteiger partial charge >= 0.3 is 0 Å². The average molecular weight is 344 g/mol. The molecule has 0 radical (unpaired) electrons. The Morgan fingerprint density at radius 2 is 1.83 bits per heavy atom. The summed E-state index contributed by atoms with van der Waals surface area (Å²) >= 11 is 0. The van der Waals surface area contributed by atoms with Crippen LogP contribution in [0.2, 0.25) is 0 Å². The number of hydrogen-bond donors (Lipinski definition) is 0. The van der Waals surface area contributed by atoms with Gasteiger partial charge in [-0.15, -0.1) is 0 Å². The number of nitrogens with zero attached hydrogens (tertiary/aromatic N) is 2. The van der Waals surface area contributed by atoms with E-state index in [1.54, 1.807) is 30.5 Å². The number of benzene rings is 2. The quantitative estimate of drug-likeness (QED) is 0.728. The zero-order valence-corrected chi connectivity index (χ0v) is 14.2. The van der Waals surface area contributed by atoms with Crippen LogP contribution in [-0.2, 0) is 16.6 Å². The van der Waals surface area contributed by atoms with E-state index in [9.17, 15) is 12.8 Å². The summed E-state index contributed by atoms with van der Waals surface area (Å²) < 4.78 is 40.1. The third-order valence-corrected chi connectivity index (χ3v) is 5.65. The molecule has 3 aromatic rings. The number of aromatic nitrogens is 1. The van der Waals surface area contributed by atoms with Crippen molar-refractivity contribution in [3.8, 4) is 0 Å². The Morgan fingerprint density at radius 1 is 1.12 bits per heavy atom. The monoisotopic (exact) mass is 344 g/mol. The highest BCUT2D eigenvalue weighted by molar-refractivity contribution is 7.89. The summed E-state index contributed by atoms with van der Waals surface area (Å²) in [4.78, 5) is 4.46. The van der Waals surface area contributed by atoms with Crippen molar-refractivity contribution in [3.63, 3.8) is 0 Å². The van der Waals surface area contributed by atoms with E-state index in [0.29, 0.717) is 11.1 Å². The van der Waals surface area contributed by atoms with Gasteiger partial charge in [0.15, 0.2) is 0 Å². The van der Waals surface area contributed by atoms with Gasteiger partial charge in [-0.3, -0.25) is 4.98 Å². The third kappa shape index (κ3) is 3.16. The molecule has 0 unspecified atom stereocenters. The summed E-state index contributed by atoms with van der Waals surface area (Å²) in [6, 6.07) is 12.8. The molecular weight excluding hydrogens is 327 g/mol. The van der Waals surface area contributed by atoms with Crippen LogP contribution in [0.1, 0.15) is 11.1 Å². The highest BCUT2D eigenvalue weighted by atomic mass is 32.2. The molecule has 0 saturated heterocycles. The molecule has 0 aliphatic heterocycles. The van der Waals surface area contributed by atoms with Crippen molar-refractivity contribution in [2.24, 2.45) is 0 Å². The van der Waals surface area contributed by atoms with Gasteiger partial charge in [-0.1, -0.05) is 24.3 Å². The minimum absolute atomic E-state index is 0.158. The van der Waals surface area contributed by atoms with E-state index < -0.39 is 10.0 Å². The molecule has 1 heterocycles. The van der Waals surface area contributed by atoms with Crippen LogP contribution >= 0.6 is 0 Å². The second kappa shape index (κ2) is 6.30.